The van der Waals surface area contributed by atoms with E-state index in [1.165, 1.54) is 18.3 Å². The van der Waals surface area contributed by atoms with Gasteiger partial charge >= 0.3 is 0 Å². The highest BCUT2D eigenvalue weighted by Gasteiger charge is 2.25. The molecule has 0 radical (unpaired) electrons. The number of nitriles is 2. The van der Waals surface area contributed by atoms with Gasteiger partial charge in [-0.25, -0.2) is 13.6 Å². The SMILES string of the molecule is Cc1c(-c2cc(OC(C)c3cncc4cc(F)ccc34)c3c(C#N)cnn3c2)nnn1C1CCN(C#N)CC1. The highest BCUT2D eigenvalue weighted by atomic mass is 19.1. The topological polar surface area (TPSA) is 121 Å². The van der Waals surface area contributed by atoms with Crippen LogP contribution < -0.4 is 4.74 Å². The van der Waals surface area contributed by atoms with E-state index in [9.17, 15) is 9.65 Å². The van der Waals surface area contributed by atoms with Crippen LogP contribution in [0, 0.1) is 35.5 Å². The van der Waals surface area contributed by atoms with E-state index in [4.69, 9.17) is 10.00 Å². The fourth-order valence-electron chi connectivity index (χ4n) is 5.30. The Morgan fingerprint density at radius 2 is 1.95 bits per heavy atom. The number of nitrogens with zero attached hydrogens (tertiary/aromatic N) is 9. The van der Waals surface area contributed by atoms with Gasteiger partial charge in [0.05, 0.1) is 17.9 Å². The lowest BCUT2D eigenvalue weighted by atomic mass is 10.0. The van der Waals surface area contributed by atoms with Gasteiger partial charge in [0.25, 0.3) is 0 Å². The molecule has 1 aliphatic rings. The second kappa shape index (κ2) is 9.69. The number of rotatable bonds is 5. The predicted octanol–water partition coefficient (Wildman–Crippen LogP) is 4.72. The molecule has 0 N–H and O–H groups in total. The molecule has 1 aliphatic heterocycles. The summed E-state index contributed by atoms with van der Waals surface area (Å²) in [6.07, 6.45) is 10.0. The lowest BCUT2D eigenvalue weighted by molar-refractivity contribution is 0.230. The minimum absolute atomic E-state index is 0.161. The second-order valence-corrected chi connectivity index (χ2v) is 9.70. The monoisotopic (exact) mass is 521 g/mol. The molecule has 1 atom stereocenters. The Morgan fingerprint density at radius 3 is 2.72 bits per heavy atom. The summed E-state index contributed by atoms with van der Waals surface area (Å²) in [5, 5.41) is 33.7. The summed E-state index contributed by atoms with van der Waals surface area (Å²) in [6, 6.07) is 8.78. The fraction of sp³-hybridized carbons (Fsp3) is 0.286. The average Bonchev–Trinajstić information content (AvgIpc) is 3.55. The lowest BCUT2D eigenvalue weighted by Crippen LogP contribution is -2.31. The Balaban J connectivity index is 1.39. The zero-order valence-corrected chi connectivity index (χ0v) is 21.4. The number of hydrogen-bond donors (Lipinski definition) is 0. The van der Waals surface area contributed by atoms with Gasteiger partial charge in [0, 0.05) is 48.2 Å². The van der Waals surface area contributed by atoms with Crippen LogP contribution in [-0.2, 0) is 0 Å². The van der Waals surface area contributed by atoms with Crippen LogP contribution in [-0.4, -0.2) is 47.6 Å². The van der Waals surface area contributed by atoms with Gasteiger partial charge in [0.1, 0.15) is 40.5 Å². The molecular weight excluding hydrogens is 497 g/mol. The van der Waals surface area contributed by atoms with Gasteiger partial charge in [0.2, 0.25) is 0 Å². The van der Waals surface area contributed by atoms with E-state index in [-0.39, 0.29) is 11.9 Å². The Morgan fingerprint density at radius 1 is 1.13 bits per heavy atom. The van der Waals surface area contributed by atoms with Gasteiger partial charge in [-0.2, -0.15) is 15.6 Å². The molecule has 5 heterocycles. The zero-order chi connectivity index (χ0) is 27.1. The van der Waals surface area contributed by atoms with Gasteiger partial charge in [-0.3, -0.25) is 4.98 Å². The van der Waals surface area contributed by atoms with Crippen molar-refractivity contribution in [3.63, 3.8) is 0 Å². The predicted molar refractivity (Wildman–Crippen MR) is 140 cm³/mol. The molecular formula is C28H24FN9O. The van der Waals surface area contributed by atoms with Gasteiger partial charge in [-0.05, 0) is 50.3 Å². The third-order valence-corrected chi connectivity index (χ3v) is 7.34. The lowest BCUT2D eigenvalue weighted by Gasteiger charge is -2.28. The number of benzene rings is 1. The standard InChI is InChI=1S/C28H24FN9O/c1-17-27(34-35-38(17)23-5-7-36(16-31)8-6-23)20-10-26(28-21(11-30)13-33-37(28)15-20)39-18(2)25-14-32-12-19-9-22(29)3-4-24(19)25/h3-4,9-10,12-15,18,23H,5-8H2,1-2H3. The first-order valence-electron chi connectivity index (χ1n) is 12.6. The fourth-order valence-corrected chi connectivity index (χ4v) is 5.30. The van der Waals surface area contributed by atoms with Crippen molar-refractivity contribution in [1.29, 1.82) is 10.5 Å². The molecule has 0 amide bonds. The van der Waals surface area contributed by atoms with Crippen LogP contribution in [0.2, 0.25) is 0 Å². The third-order valence-electron chi connectivity index (χ3n) is 7.34. The number of aromatic nitrogens is 6. The third kappa shape index (κ3) is 4.28. The summed E-state index contributed by atoms with van der Waals surface area (Å²) < 4.78 is 23.8. The maximum Gasteiger partial charge on any atom is 0.179 e. The van der Waals surface area contributed by atoms with Crippen LogP contribution in [0.25, 0.3) is 27.5 Å². The van der Waals surface area contributed by atoms with Crippen LogP contribution in [0.5, 0.6) is 5.75 Å². The van der Waals surface area contributed by atoms with Crippen molar-refractivity contribution in [3.05, 3.63) is 71.7 Å². The molecule has 1 fully saturated rings. The molecule has 194 valence electrons. The normalized spacial score (nSPS) is 14.8. The second-order valence-electron chi connectivity index (χ2n) is 9.70. The molecule has 10 nitrogen and oxygen atoms in total. The number of pyridine rings is 2. The van der Waals surface area contributed by atoms with E-state index in [1.54, 1.807) is 27.9 Å². The maximum atomic E-state index is 13.8. The maximum absolute atomic E-state index is 13.8. The van der Waals surface area contributed by atoms with Crippen molar-refractivity contribution >= 4 is 16.3 Å². The van der Waals surface area contributed by atoms with E-state index in [2.05, 4.69) is 32.7 Å². The molecule has 4 aromatic heterocycles. The van der Waals surface area contributed by atoms with Crippen molar-refractivity contribution in [2.45, 2.75) is 38.8 Å². The Bertz CT molecular complexity index is 1790. The van der Waals surface area contributed by atoms with E-state index < -0.39 is 6.10 Å². The summed E-state index contributed by atoms with van der Waals surface area (Å²) in [5.41, 5.74) is 4.05. The van der Waals surface area contributed by atoms with Crippen molar-refractivity contribution < 1.29 is 9.13 Å². The highest BCUT2D eigenvalue weighted by Crippen LogP contribution is 2.35. The smallest absolute Gasteiger partial charge is 0.179 e. The van der Waals surface area contributed by atoms with E-state index in [1.807, 2.05) is 30.8 Å². The number of hydrogen-bond acceptors (Lipinski definition) is 8. The first-order chi connectivity index (χ1) is 19.0. The van der Waals surface area contributed by atoms with E-state index >= 15 is 0 Å². The number of likely N-dealkylation sites (tertiary alicyclic amines) is 1. The van der Waals surface area contributed by atoms with Crippen LogP contribution in [0.15, 0.2) is 49.1 Å². The Hall–Kier alpha value is -5.03. The Kier molecular flexibility index (Phi) is 6.04. The zero-order valence-electron chi connectivity index (χ0n) is 21.4. The Labute approximate surface area is 223 Å². The molecule has 0 bridgehead atoms. The van der Waals surface area contributed by atoms with Gasteiger partial charge in [-0.1, -0.05) is 11.3 Å². The van der Waals surface area contributed by atoms with Crippen molar-refractivity contribution in [2.75, 3.05) is 13.1 Å². The average molecular weight is 522 g/mol. The molecule has 0 aliphatic carbocycles. The van der Waals surface area contributed by atoms with Crippen LogP contribution in [0.1, 0.15) is 48.7 Å². The molecule has 1 unspecified atom stereocenters. The van der Waals surface area contributed by atoms with Gasteiger partial charge < -0.3 is 9.64 Å². The number of piperidine rings is 1. The summed E-state index contributed by atoms with van der Waals surface area (Å²) in [6.45, 7) is 5.25. The largest absolute Gasteiger partial charge is 0.484 e. The summed E-state index contributed by atoms with van der Waals surface area (Å²) in [4.78, 5) is 6.04. The molecule has 39 heavy (non-hydrogen) atoms. The summed E-state index contributed by atoms with van der Waals surface area (Å²) in [5.74, 6) is 0.130. The summed E-state index contributed by atoms with van der Waals surface area (Å²) in [7, 11) is 0. The molecule has 1 aromatic carbocycles. The molecule has 0 saturated carbocycles. The first kappa shape index (κ1) is 24.3. The summed E-state index contributed by atoms with van der Waals surface area (Å²) >= 11 is 0. The number of fused-ring (bicyclic) bond motifs is 2. The molecule has 1 saturated heterocycles. The minimum atomic E-state index is -0.464. The first-order valence-corrected chi connectivity index (χ1v) is 12.6. The quantitative estimate of drug-likeness (QED) is 0.305. The molecule has 11 heteroatoms. The highest BCUT2D eigenvalue weighted by molar-refractivity contribution is 5.85. The molecule has 0 spiro atoms. The van der Waals surface area contributed by atoms with E-state index in [0.29, 0.717) is 41.0 Å². The number of halogens is 1. The van der Waals surface area contributed by atoms with Crippen LogP contribution in [0.4, 0.5) is 4.39 Å². The minimum Gasteiger partial charge on any atom is -0.484 e. The van der Waals surface area contributed by atoms with Crippen molar-refractivity contribution in [3.8, 4) is 29.3 Å². The van der Waals surface area contributed by atoms with Crippen LogP contribution in [0.3, 0.4) is 0 Å². The van der Waals surface area contributed by atoms with Crippen LogP contribution >= 0.6 is 0 Å². The van der Waals surface area contributed by atoms with E-state index in [0.717, 1.165) is 35.0 Å². The van der Waals surface area contributed by atoms with Crippen molar-refractivity contribution in [1.82, 2.24) is 34.5 Å². The molecule has 5 aromatic rings. The van der Waals surface area contributed by atoms with Crippen molar-refractivity contribution in [2.24, 2.45) is 0 Å². The number of ether oxygens (including phenoxy) is 1. The molecule has 6 rings (SSSR count). The van der Waals surface area contributed by atoms with Gasteiger partial charge in [-0.15, -0.1) is 5.10 Å². The van der Waals surface area contributed by atoms with Gasteiger partial charge in [0.15, 0.2) is 6.19 Å².